The molecule has 2 aromatic rings. The number of carbonyl (C=O) groups is 2. The number of thiophene rings is 1. The number of anilines is 1. The van der Waals surface area contributed by atoms with Crippen molar-refractivity contribution in [1.29, 1.82) is 0 Å². The number of aryl methyl sites for hydroxylation is 2. The van der Waals surface area contributed by atoms with Crippen LogP contribution in [-0.4, -0.2) is 22.0 Å². The van der Waals surface area contributed by atoms with E-state index in [4.69, 9.17) is 0 Å². The fraction of sp³-hybridized carbons (Fsp3) is 0.381. The fourth-order valence-corrected chi connectivity index (χ4v) is 6.63. The van der Waals surface area contributed by atoms with Crippen LogP contribution < -0.4 is 5.32 Å². The van der Waals surface area contributed by atoms with E-state index in [9.17, 15) is 14.7 Å². The molecule has 0 atom stereocenters. The summed E-state index contributed by atoms with van der Waals surface area (Å²) >= 11 is 3.23. The van der Waals surface area contributed by atoms with Crippen molar-refractivity contribution in [3.63, 3.8) is 0 Å². The van der Waals surface area contributed by atoms with Crippen molar-refractivity contribution < 1.29 is 14.7 Å². The van der Waals surface area contributed by atoms with Crippen LogP contribution in [0.15, 0.2) is 28.2 Å². The molecule has 0 aliphatic heterocycles. The lowest BCUT2D eigenvalue weighted by Gasteiger charge is -2.35. The summed E-state index contributed by atoms with van der Waals surface area (Å²) in [5, 5.41) is 16.4. The number of rotatable bonds is 4. The minimum atomic E-state index is -1.02. The van der Waals surface area contributed by atoms with Crippen molar-refractivity contribution in [3.8, 4) is 10.6 Å². The Morgan fingerprint density at radius 3 is 2.75 bits per heavy atom. The highest BCUT2D eigenvalue weighted by Crippen LogP contribution is 2.48. The summed E-state index contributed by atoms with van der Waals surface area (Å²) in [6, 6.07) is 0. The van der Waals surface area contributed by atoms with Gasteiger partial charge < -0.3 is 10.4 Å². The van der Waals surface area contributed by atoms with Crippen LogP contribution >= 0.6 is 22.7 Å². The molecule has 6 rings (SSSR count). The van der Waals surface area contributed by atoms with Crippen LogP contribution in [0.4, 0.5) is 5.00 Å². The van der Waals surface area contributed by atoms with Gasteiger partial charge in [-0.2, -0.15) is 0 Å². The van der Waals surface area contributed by atoms with Crippen LogP contribution in [0.25, 0.3) is 10.6 Å². The highest BCUT2D eigenvalue weighted by molar-refractivity contribution is 7.18. The monoisotopic (exact) mass is 412 g/mol. The average Bonchev–Trinajstić information content (AvgIpc) is 3.23. The minimum absolute atomic E-state index is 0.0336. The molecule has 4 aliphatic rings. The zero-order chi connectivity index (χ0) is 19.4. The third-order valence-electron chi connectivity index (χ3n) is 5.77. The molecule has 4 aliphatic carbocycles. The van der Waals surface area contributed by atoms with Crippen molar-refractivity contribution in [1.82, 2.24) is 4.98 Å². The van der Waals surface area contributed by atoms with Crippen molar-refractivity contribution >= 4 is 39.6 Å². The van der Waals surface area contributed by atoms with E-state index >= 15 is 0 Å². The van der Waals surface area contributed by atoms with Gasteiger partial charge in [0.1, 0.15) is 10.0 Å². The first kappa shape index (κ1) is 17.8. The zero-order valence-electron chi connectivity index (χ0n) is 15.5. The fourth-order valence-electron chi connectivity index (χ4n) is 4.40. The molecule has 7 heteroatoms. The van der Waals surface area contributed by atoms with Gasteiger partial charge in [-0.1, -0.05) is 5.57 Å². The quantitative estimate of drug-likeness (QED) is 0.761. The number of nitrogens with one attached hydrogen (secondary N) is 1. The number of carboxylic acids is 1. The smallest absolute Gasteiger partial charge is 0.336 e. The highest BCUT2D eigenvalue weighted by Gasteiger charge is 2.39. The van der Waals surface area contributed by atoms with Crippen LogP contribution in [-0.2, 0) is 22.4 Å². The molecule has 1 fully saturated rings. The second-order valence-corrected chi connectivity index (χ2v) is 9.67. The first-order chi connectivity index (χ1) is 13.5. The number of thiazole rings is 1. The van der Waals surface area contributed by atoms with Crippen LogP contribution in [0.5, 0.6) is 0 Å². The molecule has 1 amide bonds. The Balaban J connectivity index is 1.55. The molecule has 144 valence electrons. The standard InChI is InChI=1S/C21H20N2O3S2/c1-10-9-27-19(22-10)17-13-4-2-3-5-15(13)28-20(17)23-18(24)16-12-6-11(7-12)8-14(16)21(25)26/h8-9,12H,2-7H2,1H3,(H,23,24)(H,25,26). The number of aliphatic carboxylic acids is 1. The summed E-state index contributed by atoms with van der Waals surface area (Å²) in [7, 11) is 0. The number of hydrogen-bond acceptors (Lipinski definition) is 5. The summed E-state index contributed by atoms with van der Waals surface area (Å²) < 4.78 is 0. The molecule has 0 spiro atoms. The zero-order valence-corrected chi connectivity index (χ0v) is 17.1. The number of aromatic nitrogens is 1. The van der Waals surface area contributed by atoms with Gasteiger partial charge >= 0.3 is 5.97 Å². The van der Waals surface area contributed by atoms with Crippen LogP contribution in [0.3, 0.4) is 0 Å². The Labute approximate surface area is 170 Å². The van der Waals surface area contributed by atoms with Gasteiger partial charge in [-0.05, 0) is 63.0 Å². The number of fused-ring (bicyclic) bond motifs is 2. The third kappa shape index (κ3) is 2.84. The molecule has 2 bridgehead atoms. The normalized spacial score (nSPS) is 18.4. The number of amides is 1. The third-order valence-corrected chi connectivity index (χ3v) is 7.96. The first-order valence-corrected chi connectivity index (χ1v) is 11.3. The van der Waals surface area contributed by atoms with Gasteiger partial charge in [-0.15, -0.1) is 22.7 Å². The molecule has 0 saturated heterocycles. The van der Waals surface area contributed by atoms with Crippen molar-refractivity contribution in [3.05, 3.63) is 44.3 Å². The van der Waals surface area contributed by atoms with E-state index in [1.165, 1.54) is 16.9 Å². The maximum Gasteiger partial charge on any atom is 0.336 e. The molecule has 1 saturated carbocycles. The summed E-state index contributed by atoms with van der Waals surface area (Å²) in [5.41, 5.74) is 5.04. The SMILES string of the molecule is Cc1csc(-c2c(NC(=O)C3=C(C(=O)O)C=C4CC3C4)sc3c2CCCC3)n1. The predicted octanol–water partition coefficient (Wildman–Crippen LogP) is 4.73. The van der Waals surface area contributed by atoms with Crippen molar-refractivity contribution in [2.45, 2.75) is 45.4 Å². The maximum absolute atomic E-state index is 13.1. The molecular weight excluding hydrogens is 392 g/mol. The molecule has 2 heterocycles. The second-order valence-electron chi connectivity index (χ2n) is 7.70. The molecule has 2 aromatic heterocycles. The van der Waals surface area contributed by atoms with Crippen LogP contribution in [0.1, 0.15) is 41.8 Å². The Bertz CT molecular complexity index is 1070. The van der Waals surface area contributed by atoms with Gasteiger partial charge in [0.2, 0.25) is 0 Å². The summed E-state index contributed by atoms with van der Waals surface area (Å²) in [5.74, 6) is -1.26. The molecule has 28 heavy (non-hydrogen) atoms. The van der Waals surface area contributed by atoms with E-state index < -0.39 is 5.97 Å². The van der Waals surface area contributed by atoms with Gasteiger partial charge in [-0.25, -0.2) is 9.78 Å². The molecule has 5 nitrogen and oxygen atoms in total. The summed E-state index contributed by atoms with van der Waals surface area (Å²) in [6.45, 7) is 1.98. The number of nitrogens with zero attached hydrogens (tertiary/aromatic N) is 1. The Hall–Kier alpha value is -2.25. The van der Waals surface area contributed by atoms with Crippen molar-refractivity contribution in [2.24, 2.45) is 5.92 Å². The topological polar surface area (TPSA) is 79.3 Å². The largest absolute Gasteiger partial charge is 0.478 e. The lowest BCUT2D eigenvalue weighted by molar-refractivity contribution is -0.132. The molecule has 0 aromatic carbocycles. The van der Waals surface area contributed by atoms with Gasteiger partial charge in [0.15, 0.2) is 0 Å². The van der Waals surface area contributed by atoms with E-state index in [0.29, 0.717) is 5.57 Å². The molecule has 2 N–H and O–H groups in total. The van der Waals surface area contributed by atoms with Gasteiger partial charge in [0, 0.05) is 27.1 Å². The number of allylic oxidation sites excluding steroid dienone is 1. The maximum atomic E-state index is 13.1. The Morgan fingerprint density at radius 2 is 2.04 bits per heavy atom. The number of carbonyl (C=O) groups excluding carboxylic acids is 1. The average molecular weight is 413 g/mol. The summed E-state index contributed by atoms with van der Waals surface area (Å²) in [4.78, 5) is 30.8. The van der Waals surface area contributed by atoms with E-state index in [1.807, 2.05) is 12.3 Å². The Morgan fingerprint density at radius 1 is 1.25 bits per heavy atom. The van der Waals surface area contributed by atoms with E-state index in [1.54, 1.807) is 28.7 Å². The lowest BCUT2D eigenvalue weighted by atomic mass is 9.68. The van der Waals surface area contributed by atoms with E-state index in [-0.39, 0.29) is 17.4 Å². The van der Waals surface area contributed by atoms with Crippen molar-refractivity contribution in [2.75, 3.05) is 5.32 Å². The Kier molecular flexibility index (Phi) is 4.25. The van der Waals surface area contributed by atoms with E-state index in [2.05, 4.69) is 10.3 Å². The summed E-state index contributed by atoms with van der Waals surface area (Å²) in [6.07, 6.45) is 7.65. The molecular formula is C21H20N2O3S2. The first-order valence-electron chi connectivity index (χ1n) is 9.56. The highest BCUT2D eigenvalue weighted by atomic mass is 32.1. The molecule has 0 unspecified atom stereocenters. The number of hydrogen-bond donors (Lipinski definition) is 2. The minimum Gasteiger partial charge on any atom is -0.478 e. The van der Waals surface area contributed by atoms with Gasteiger partial charge in [0.25, 0.3) is 5.91 Å². The van der Waals surface area contributed by atoms with Gasteiger partial charge in [-0.3, -0.25) is 4.79 Å². The predicted molar refractivity (Wildman–Crippen MR) is 111 cm³/mol. The van der Waals surface area contributed by atoms with Crippen LogP contribution in [0, 0.1) is 12.8 Å². The van der Waals surface area contributed by atoms with Gasteiger partial charge in [0.05, 0.1) is 5.57 Å². The second kappa shape index (κ2) is 6.67. The van der Waals surface area contributed by atoms with Crippen LogP contribution in [0.2, 0.25) is 0 Å². The van der Waals surface area contributed by atoms with E-state index in [0.717, 1.165) is 58.9 Å². The lowest BCUT2D eigenvalue weighted by Crippen LogP contribution is -2.32. The number of carboxylic acid groups (broad SMARTS) is 1. The molecule has 0 radical (unpaired) electrons.